The van der Waals surface area contributed by atoms with E-state index in [9.17, 15) is 33.9 Å². The molecule has 0 saturated carbocycles. The van der Waals surface area contributed by atoms with Gasteiger partial charge in [0.1, 0.15) is 18.1 Å². The van der Waals surface area contributed by atoms with Crippen LogP contribution >= 0.6 is 0 Å². The quantitative estimate of drug-likeness (QED) is 0.0936. The van der Waals surface area contributed by atoms with Crippen molar-refractivity contribution in [2.24, 2.45) is 11.5 Å². The predicted molar refractivity (Wildman–Crippen MR) is 121 cm³/mol. The molecule has 1 rings (SSSR count). The van der Waals surface area contributed by atoms with Gasteiger partial charge in [0.05, 0.1) is 25.2 Å². The number of H-pyrrole nitrogens is 1. The lowest BCUT2D eigenvalue weighted by Crippen LogP contribution is -2.57. The van der Waals surface area contributed by atoms with Gasteiger partial charge in [-0.25, -0.2) is 9.78 Å². The summed E-state index contributed by atoms with van der Waals surface area (Å²) in [6.45, 7) is 0.291. The number of imidazole rings is 1. The number of carbonyl (C=O) groups is 6. The topological polar surface area (TPSA) is 280 Å². The zero-order valence-corrected chi connectivity index (χ0v) is 19.3. The van der Waals surface area contributed by atoms with Crippen molar-refractivity contribution in [3.05, 3.63) is 18.2 Å². The number of nitrogens with zero attached hydrogens (tertiary/aromatic N) is 1. The number of unbranched alkanes of at least 4 members (excludes halogenated alkanes) is 1. The van der Waals surface area contributed by atoms with Gasteiger partial charge in [0.25, 0.3) is 0 Å². The van der Waals surface area contributed by atoms with Crippen molar-refractivity contribution in [1.29, 1.82) is 0 Å². The molecule has 0 bridgehead atoms. The Morgan fingerprint density at radius 2 is 1.44 bits per heavy atom. The molecule has 0 spiro atoms. The molecule has 36 heavy (non-hydrogen) atoms. The van der Waals surface area contributed by atoms with Gasteiger partial charge in [-0.05, 0) is 25.8 Å². The van der Waals surface area contributed by atoms with Crippen LogP contribution in [0, 0.1) is 0 Å². The van der Waals surface area contributed by atoms with Gasteiger partial charge in [-0.15, -0.1) is 0 Å². The number of amides is 3. The highest BCUT2D eigenvalue weighted by Gasteiger charge is 2.31. The van der Waals surface area contributed by atoms with E-state index >= 15 is 0 Å². The maximum absolute atomic E-state index is 12.9. The zero-order valence-electron chi connectivity index (χ0n) is 19.3. The van der Waals surface area contributed by atoms with E-state index in [1.807, 2.05) is 0 Å². The first-order valence-corrected chi connectivity index (χ1v) is 10.9. The first-order chi connectivity index (χ1) is 16.9. The number of rotatable bonds is 17. The molecule has 0 aliphatic heterocycles. The Labute approximate surface area is 205 Å². The Hall–Kier alpha value is -4.05. The summed E-state index contributed by atoms with van der Waals surface area (Å²) >= 11 is 0. The second kappa shape index (κ2) is 15.0. The number of carboxylic acids is 3. The van der Waals surface area contributed by atoms with E-state index in [1.54, 1.807) is 0 Å². The minimum atomic E-state index is -1.68. The molecule has 16 heteroatoms. The number of nitrogens with two attached hydrogens (primary N) is 2. The third-order valence-corrected chi connectivity index (χ3v) is 4.92. The van der Waals surface area contributed by atoms with Gasteiger partial charge in [-0.2, -0.15) is 0 Å². The third kappa shape index (κ3) is 10.9. The number of aliphatic carboxylic acids is 3. The molecule has 0 aliphatic rings. The molecule has 0 fully saturated rings. The standard InChI is InChI=1S/C20H31N7O9/c21-4-2-1-3-12(18(33)27-14(20(35)36)5-10-8-23-9-24-10)25-19(34)13(7-16(30)31)26-17(32)11(22)6-15(28)29/h8-9,11-14H,1-7,21-22H2,(H,23,24)(H,25,34)(H,26,32)(H,27,33)(H,28,29)(H,30,31)(H,35,36). The number of hydrogen-bond acceptors (Lipinski definition) is 9. The third-order valence-electron chi connectivity index (χ3n) is 4.92. The maximum atomic E-state index is 12.9. The largest absolute Gasteiger partial charge is 0.481 e. The van der Waals surface area contributed by atoms with Crippen molar-refractivity contribution < 1.29 is 44.1 Å². The average molecular weight is 514 g/mol. The number of carbonyl (C=O) groups excluding carboxylic acids is 3. The lowest BCUT2D eigenvalue weighted by atomic mass is 10.1. The highest BCUT2D eigenvalue weighted by Crippen LogP contribution is 2.06. The van der Waals surface area contributed by atoms with E-state index < -0.39 is 72.6 Å². The lowest BCUT2D eigenvalue weighted by molar-refractivity contribution is -0.143. The summed E-state index contributed by atoms with van der Waals surface area (Å²) < 4.78 is 0. The van der Waals surface area contributed by atoms with Crippen LogP contribution in [0.15, 0.2) is 12.5 Å². The van der Waals surface area contributed by atoms with Crippen molar-refractivity contribution in [1.82, 2.24) is 25.9 Å². The van der Waals surface area contributed by atoms with E-state index in [1.165, 1.54) is 12.5 Å². The molecule has 4 unspecified atom stereocenters. The van der Waals surface area contributed by atoms with Gasteiger partial charge < -0.3 is 47.7 Å². The normalized spacial score (nSPS) is 14.1. The van der Waals surface area contributed by atoms with Crippen molar-refractivity contribution in [3.63, 3.8) is 0 Å². The number of aromatic nitrogens is 2. The molecule has 11 N–H and O–H groups in total. The molecule has 0 saturated heterocycles. The van der Waals surface area contributed by atoms with Gasteiger partial charge in [0.15, 0.2) is 0 Å². The van der Waals surface area contributed by atoms with Crippen LogP contribution in [0.1, 0.15) is 37.8 Å². The first kappa shape index (κ1) is 30.0. The Morgan fingerprint density at radius 3 is 1.97 bits per heavy atom. The highest BCUT2D eigenvalue weighted by molar-refractivity contribution is 5.96. The minimum Gasteiger partial charge on any atom is -0.481 e. The molecule has 1 heterocycles. The summed E-state index contributed by atoms with van der Waals surface area (Å²) in [5.41, 5.74) is 11.4. The fourth-order valence-electron chi connectivity index (χ4n) is 3.07. The molecule has 4 atom stereocenters. The van der Waals surface area contributed by atoms with Crippen LogP contribution in [-0.2, 0) is 35.2 Å². The smallest absolute Gasteiger partial charge is 0.326 e. The van der Waals surface area contributed by atoms with Gasteiger partial charge in [-0.1, -0.05) is 0 Å². The molecule has 1 aromatic heterocycles. The maximum Gasteiger partial charge on any atom is 0.326 e. The van der Waals surface area contributed by atoms with Crippen LogP contribution in [-0.4, -0.2) is 91.6 Å². The SMILES string of the molecule is NCCCCC(NC(=O)C(CC(=O)O)NC(=O)C(N)CC(=O)O)C(=O)NC(Cc1cnc[nH]1)C(=O)O. The monoisotopic (exact) mass is 513 g/mol. The summed E-state index contributed by atoms with van der Waals surface area (Å²) in [7, 11) is 0. The minimum absolute atomic E-state index is 0.0391. The summed E-state index contributed by atoms with van der Waals surface area (Å²) in [6, 6.07) is -5.88. The summed E-state index contributed by atoms with van der Waals surface area (Å²) in [4.78, 5) is 77.9. The Kier molecular flexibility index (Phi) is 12.5. The Balaban J connectivity index is 2.99. The van der Waals surface area contributed by atoms with E-state index in [0.717, 1.165) is 0 Å². The van der Waals surface area contributed by atoms with Crippen LogP contribution in [0.4, 0.5) is 0 Å². The van der Waals surface area contributed by atoms with Gasteiger partial charge in [-0.3, -0.25) is 24.0 Å². The lowest BCUT2D eigenvalue weighted by Gasteiger charge is -2.24. The highest BCUT2D eigenvalue weighted by atomic mass is 16.4. The molecule has 1 aromatic rings. The molecular weight excluding hydrogens is 482 g/mol. The molecule has 0 aliphatic carbocycles. The summed E-state index contributed by atoms with van der Waals surface area (Å²) in [6.07, 6.45) is 1.85. The van der Waals surface area contributed by atoms with Crippen LogP contribution in [0.5, 0.6) is 0 Å². The first-order valence-electron chi connectivity index (χ1n) is 10.9. The van der Waals surface area contributed by atoms with Crippen molar-refractivity contribution >= 4 is 35.6 Å². The second-order valence-electron chi connectivity index (χ2n) is 7.89. The second-order valence-corrected chi connectivity index (χ2v) is 7.89. The zero-order chi connectivity index (χ0) is 27.3. The number of carboxylic acid groups (broad SMARTS) is 3. The van der Waals surface area contributed by atoms with Gasteiger partial charge in [0.2, 0.25) is 17.7 Å². The Morgan fingerprint density at radius 1 is 0.861 bits per heavy atom. The van der Waals surface area contributed by atoms with Crippen molar-refractivity contribution in [3.8, 4) is 0 Å². The molecule has 3 amide bonds. The fourth-order valence-corrected chi connectivity index (χ4v) is 3.07. The molecular formula is C20H31N7O9. The summed E-state index contributed by atoms with van der Waals surface area (Å²) in [5.74, 6) is -7.16. The van der Waals surface area contributed by atoms with E-state index in [0.29, 0.717) is 25.1 Å². The van der Waals surface area contributed by atoms with Crippen LogP contribution in [0.2, 0.25) is 0 Å². The van der Waals surface area contributed by atoms with Crippen LogP contribution < -0.4 is 27.4 Å². The molecule has 200 valence electrons. The molecule has 0 radical (unpaired) electrons. The van der Waals surface area contributed by atoms with E-state index in [4.69, 9.17) is 21.7 Å². The number of aromatic amines is 1. The average Bonchev–Trinajstić information content (AvgIpc) is 3.29. The van der Waals surface area contributed by atoms with Crippen LogP contribution in [0.3, 0.4) is 0 Å². The van der Waals surface area contributed by atoms with Crippen molar-refractivity contribution in [2.45, 2.75) is 62.7 Å². The fraction of sp³-hybridized carbons (Fsp3) is 0.550. The predicted octanol–water partition coefficient (Wildman–Crippen LogP) is -3.10. The Bertz CT molecular complexity index is 923. The number of nitrogens with one attached hydrogen (secondary N) is 4. The van der Waals surface area contributed by atoms with Crippen LogP contribution in [0.25, 0.3) is 0 Å². The van der Waals surface area contributed by atoms with Gasteiger partial charge >= 0.3 is 17.9 Å². The van der Waals surface area contributed by atoms with E-state index in [-0.39, 0.29) is 12.8 Å². The number of hydrogen-bond donors (Lipinski definition) is 9. The summed E-state index contributed by atoms with van der Waals surface area (Å²) in [5, 5.41) is 34.1. The molecule has 0 aromatic carbocycles. The van der Waals surface area contributed by atoms with Gasteiger partial charge in [0, 0.05) is 18.3 Å². The molecule has 16 nitrogen and oxygen atoms in total. The van der Waals surface area contributed by atoms with Crippen molar-refractivity contribution in [2.75, 3.05) is 6.54 Å². The van der Waals surface area contributed by atoms with E-state index in [2.05, 4.69) is 25.9 Å².